The lowest BCUT2D eigenvalue weighted by atomic mass is 9.87. The fourth-order valence-corrected chi connectivity index (χ4v) is 4.30. The summed E-state index contributed by atoms with van der Waals surface area (Å²) in [6.45, 7) is 0.460. The van der Waals surface area contributed by atoms with Gasteiger partial charge in [-0.2, -0.15) is 0 Å². The number of carbonyl (C=O) groups is 1. The van der Waals surface area contributed by atoms with Gasteiger partial charge in [0.1, 0.15) is 6.04 Å². The Bertz CT molecular complexity index is 952. The maximum absolute atomic E-state index is 12.8. The zero-order chi connectivity index (χ0) is 19.3. The molecule has 2 N–H and O–H groups in total. The van der Waals surface area contributed by atoms with Crippen molar-refractivity contribution in [3.8, 4) is 11.1 Å². The molecule has 0 saturated carbocycles. The van der Waals surface area contributed by atoms with Gasteiger partial charge in [-0.05, 0) is 30.0 Å². The number of aryl methyl sites for hydroxylation is 1. The average Bonchev–Trinajstić information content (AvgIpc) is 2.74. The Morgan fingerprint density at radius 1 is 0.964 bits per heavy atom. The van der Waals surface area contributed by atoms with Crippen LogP contribution in [0.5, 0.6) is 0 Å². The SMILES string of the molecule is C[NH+](CC(=O)Nc1ccccc1-c1ccccc1)[C@H]1CCCc2ccccc21. The Labute approximate surface area is 167 Å². The minimum absolute atomic E-state index is 0.0592. The predicted octanol–water partition coefficient (Wildman–Crippen LogP) is 3.88. The van der Waals surface area contributed by atoms with Gasteiger partial charge in [0.25, 0.3) is 5.91 Å². The molecule has 0 spiro atoms. The number of hydrogen-bond donors (Lipinski definition) is 2. The van der Waals surface area contributed by atoms with Crippen molar-refractivity contribution in [1.82, 2.24) is 0 Å². The van der Waals surface area contributed by atoms with Crippen molar-refractivity contribution in [2.24, 2.45) is 0 Å². The molecule has 2 atom stereocenters. The second kappa shape index (κ2) is 8.41. The molecule has 3 aromatic carbocycles. The van der Waals surface area contributed by atoms with Crippen molar-refractivity contribution < 1.29 is 9.69 Å². The van der Waals surface area contributed by atoms with Gasteiger partial charge in [0.05, 0.1) is 7.05 Å². The summed E-state index contributed by atoms with van der Waals surface area (Å²) in [5.41, 5.74) is 5.88. The number of anilines is 1. The van der Waals surface area contributed by atoms with Crippen LogP contribution in [0.25, 0.3) is 11.1 Å². The van der Waals surface area contributed by atoms with Crippen molar-refractivity contribution in [3.63, 3.8) is 0 Å². The van der Waals surface area contributed by atoms with Gasteiger partial charge in [-0.15, -0.1) is 0 Å². The number of hydrogen-bond acceptors (Lipinski definition) is 1. The maximum Gasteiger partial charge on any atom is 0.279 e. The van der Waals surface area contributed by atoms with Gasteiger partial charge < -0.3 is 10.2 Å². The van der Waals surface area contributed by atoms with Gasteiger partial charge in [0, 0.05) is 23.2 Å². The molecule has 0 saturated heterocycles. The van der Waals surface area contributed by atoms with Crippen LogP contribution >= 0.6 is 0 Å². The maximum atomic E-state index is 12.8. The summed E-state index contributed by atoms with van der Waals surface area (Å²) in [6.07, 6.45) is 3.48. The fourth-order valence-electron chi connectivity index (χ4n) is 4.30. The van der Waals surface area contributed by atoms with Gasteiger partial charge in [-0.3, -0.25) is 4.79 Å². The molecule has 3 aromatic rings. The van der Waals surface area contributed by atoms with E-state index in [1.807, 2.05) is 36.4 Å². The van der Waals surface area contributed by atoms with Crippen molar-refractivity contribution in [1.29, 1.82) is 0 Å². The summed E-state index contributed by atoms with van der Waals surface area (Å²) in [5.74, 6) is 0.0592. The molecule has 0 fully saturated rings. The summed E-state index contributed by atoms with van der Waals surface area (Å²) in [5, 5.41) is 3.14. The number of fused-ring (bicyclic) bond motifs is 1. The van der Waals surface area contributed by atoms with E-state index in [-0.39, 0.29) is 5.91 Å². The Balaban J connectivity index is 1.48. The van der Waals surface area contributed by atoms with Crippen LogP contribution in [-0.4, -0.2) is 19.5 Å². The lowest BCUT2D eigenvalue weighted by Crippen LogP contribution is -3.10. The molecular formula is C25H27N2O+. The standard InChI is InChI=1S/C25H26N2O/c1-27(24-17-9-13-20-12-5-6-15-22(20)24)18-25(28)26-23-16-8-7-14-21(23)19-10-3-2-4-11-19/h2-8,10-12,14-16,24H,9,13,17-18H2,1H3,(H,26,28)/p+1/t24-/m0/s1. The van der Waals surface area contributed by atoms with Crippen LogP contribution in [0, 0.1) is 0 Å². The second-order valence-electron chi connectivity index (χ2n) is 7.63. The number of rotatable bonds is 5. The second-order valence-corrected chi connectivity index (χ2v) is 7.63. The molecule has 28 heavy (non-hydrogen) atoms. The fraction of sp³-hybridized carbons (Fsp3) is 0.240. The summed E-state index contributed by atoms with van der Waals surface area (Å²) < 4.78 is 0. The van der Waals surface area contributed by atoms with Crippen molar-refractivity contribution >= 4 is 11.6 Å². The van der Waals surface area contributed by atoms with Crippen LogP contribution in [0.1, 0.15) is 30.0 Å². The van der Waals surface area contributed by atoms with Crippen LogP contribution < -0.4 is 10.2 Å². The largest absolute Gasteiger partial charge is 0.323 e. The van der Waals surface area contributed by atoms with Crippen LogP contribution in [0.2, 0.25) is 0 Å². The minimum atomic E-state index is 0.0592. The third kappa shape index (κ3) is 4.00. The number of amides is 1. The molecule has 3 heteroatoms. The molecule has 3 nitrogen and oxygen atoms in total. The summed E-state index contributed by atoms with van der Waals surface area (Å²) in [7, 11) is 2.13. The zero-order valence-corrected chi connectivity index (χ0v) is 16.3. The highest BCUT2D eigenvalue weighted by molar-refractivity contribution is 5.96. The first kappa shape index (κ1) is 18.5. The lowest BCUT2D eigenvalue weighted by Gasteiger charge is -2.30. The van der Waals surface area contributed by atoms with Gasteiger partial charge in [-0.1, -0.05) is 72.8 Å². The van der Waals surface area contributed by atoms with Crippen LogP contribution in [-0.2, 0) is 11.2 Å². The number of para-hydroxylation sites is 1. The van der Waals surface area contributed by atoms with Gasteiger partial charge in [0.15, 0.2) is 6.54 Å². The zero-order valence-electron chi connectivity index (χ0n) is 16.3. The van der Waals surface area contributed by atoms with Crippen molar-refractivity contribution in [2.75, 3.05) is 18.9 Å². The normalized spacial score (nSPS) is 16.8. The van der Waals surface area contributed by atoms with Crippen LogP contribution in [0.3, 0.4) is 0 Å². The molecule has 1 unspecified atom stereocenters. The monoisotopic (exact) mass is 371 g/mol. The molecule has 0 aromatic heterocycles. The van der Waals surface area contributed by atoms with Gasteiger partial charge >= 0.3 is 0 Å². The Hall–Kier alpha value is -2.91. The molecule has 0 aliphatic heterocycles. The van der Waals surface area contributed by atoms with E-state index in [1.54, 1.807) is 0 Å². The molecule has 0 radical (unpaired) electrons. The van der Waals surface area contributed by atoms with Gasteiger partial charge in [-0.25, -0.2) is 0 Å². The summed E-state index contributed by atoms with van der Waals surface area (Å²) in [4.78, 5) is 14.1. The highest BCUT2D eigenvalue weighted by atomic mass is 16.2. The molecule has 1 aliphatic carbocycles. The van der Waals surface area contributed by atoms with E-state index in [4.69, 9.17) is 0 Å². The lowest BCUT2D eigenvalue weighted by molar-refractivity contribution is -0.905. The van der Waals surface area contributed by atoms with Crippen molar-refractivity contribution in [3.05, 3.63) is 90.0 Å². The number of carbonyl (C=O) groups excluding carboxylic acids is 1. The first-order valence-electron chi connectivity index (χ1n) is 10.1. The summed E-state index contributed by atoms with van der Waals surface area (Å²) >= 11 is 0. The molecule has 0 heterocycles. The third-order valence-corrected chi connectivity index (χ3v) is 5.69. The first-order valence-corrected chi connectivity index (χ1v) is 10.1. The Kier molecular flexibility index (Phi) is 5.54. The predicted molar refractivity (Wildman–Crippen MR) is 114 cm³/mol. The van der Waals surface area contributed by atoms with E-state index < -0.39 is 0 Å². The minimum Gasteiger partial charge on any atom is -0.323 e. The number of benzene rings is 3. The third-order valence-electron chi connectivity index (χ3n) is 5.69. The van der Waals surface area contributed by atoms with Gasteiger partial charge in [0.2, 0.25) is 0 Å². The molecular weight excluding hydrogens is 344 g/mol. The Morgan fingerprint density at radius 3 is 2.54 bits per heavy atom. The molecule has 0 bridgehead atoms. The van der Waals surface area contributed by atoms with Crippen LogP contribution in [0.15, 0.2) is 78.9 Å². The van der Waals surface area contributed by atoms with E-state index in [0.29, 0.717) is 12.6 Å². The quantitative estimate of drug-likeness (QED) is 0.701. The molecule has 1 aliphatic rings. The highest BCUT2D eigenvalue weighted by Gasteiger charge is 2.28. The van der Waals surface area contributed by atoms with E-state index in [1.165, 1.54) is 22.4 Å². The number of likely N-dealkylation sites (N-methyl/N-ethyl adjacent to an activating group) is 1. The number of quaternary nitrogens is 1. The first-order chi connectivity index (χ1) is 13.7. The molecule has 142 valence electrons. The van der Waals surface area contributed by atoms with E-state index in [0.717, 1.165) is 29.7 Å². The smallest absolute Gasteiger partial charge is 0.279 e. The van der Waals surface area contributed by atoms with E-state index in [2.05, 4.69) is 54.8 Å². The molecule has 4 rings (SSSR count). The van der Waals surface area contributed by atoms with Crippen LogP contribution in [0.4, 0.5) is 5.69 Å². The number of nitrogens with one attached hydrogen (secondary N) is 2. The highest BCUT2D eigenvalue weighted by Crippen LogP contribution is 2.28. The summed E-state index contributed by atoms with van der Waals surface area (Å²) in [6, 6.07) is 27.3. The van der Waals surface area contributed by atoms with E-state index in [9.17, 15) is 4.79 Å². The average molecular weight is 372 g/mol. The van der Waals surface area contributed by atoms with Crippen molar-refractivity contribution in [2.45, 2.75) is 25.3 Å². The Morgan fingerprint density at radius 2 is 1.68 bits per heavy atom. The molecule has 1 amide bonds. The van der Waals surface area contributed by atoms with E-state index >= 15 is 0 Å². The topological polar surface area (TPSA) is 33.5 Å².